The highest BCUT2D eigenvalue weighted by Gasteiger charge is 2.35. The predicted octanol–water partition coefficient (Wildman–Crippen LogP) is 5.79. The first-order valence-electron chi connectivity index (χ1n) is 14.2. The lowest BCUT2D eigenvalue weighted by molar-refractivity contribution is -0.137. The van der Waals surface area contributed by atoms with Gasteiger partial charge in [0.2, 0.25) is 5.91 Å². The lowest BCUT2D eigenvalue weighted by Gasteiger charge is -2.23. The molecule has 0 saturated carbocycles. The Kier molecular flexibility index (Phi) is 9.68. The highest BCUT2D eigenvalue weighted by Crippen LogP contribution is 2.36. The summed E-state index contributed by atoms with van der Waals surface area (Å²) in [6, 6.07) is 22.9. The Bertz CT molecular complexity index is 2300. The van der Waals surface area contributed by atoms with Crippen molar-refractivity contribution in [1.29, 1.82) is 0 Å². The van der Waals surface area contributed by atoms with Crippen molar-refractivity contribution in [2.45, 2.75) is 22.9 Å². The van der Waals surface area contributed by atoms with E-state index in [-0.39, 0.29) is 32.5 Å². The van der Waals surface area contributed by atoms with E-state index in [0.717, 1.165) is 28.6 Å². The monoisotopic (exact) mass is 733 g/mol. The number of hydrogen-bond acceptors (Lipinski definition) is 6. The zero-order valence-electron chi connectivity index (χ0n) is 25.6. The maximum absolute atomic E-state index is 13.9. The van der Waals surface area contributed by atoms with Crippen LogP contribution in [0.5, 0.6) is 0 Å². The highest BCUT2D eigenvalue weighted by atomic mass is 35.5. The van der Waals surface area contributed by atoms with Crippen LogP contribution in [0.2, 0.25) is 5.02 Å². The van der Waals surface area contributed by atoms with Crippen LogP contribution in [-0.4, -0.2) is 38.7 Å². The molecule has 0 radical (unpaired) electrons. The molecule has 17 heteroatoms. The van der Waals surface area contributed by atoms with Crippen LogP contribution in [0.4, 0.5) is 30.2 Å². The molecular weight excluding hydrogens is 707 g/mol. The predicted molar refractivity (Wildman–Crippen MR) is 179 cm³/mol. The number of nitrogens with one attached hydrogen (secondary N) is 2. The van der Waals surface area contributed by atoms with E-state index in [9.17, 15) is 39.6 Å². The van der Waals surface area contributed by atoms with E-state index in [4.69, 9.17) is 11.6 Å². The zero-order valence-corrected chi connectivity index (χ0v) is 28.0. The molecule has 0 fully saturated rings. The number of aromatic nitrogens is 2. The van der Waals surface area contributed by atoms with E-state index < -0.39 is 54.8 Å². The average Bonchev–Trinajstić information content (AvgIpc) is 3.27. The van der Waals surface area contributed by atoms with Crippen LogP contribution in [0.25, 0.3) is 5.69 Å². The molecule has 1 aromatic heterocycles. The molecule has 0 aliphatic carbocycles. The lowest BCUT2D eigenvalue weighted by atomic mass is 10.2. The normalized spacial score (nSPS) is 12.0. The number of carbonyl (C=O) groups excluding carboxylic acids is 1. The number of rotatable bonds is 10. The van der Waals surface area contributed by atoms with Gasteiger partial charge in [-0.15, -0.1) is 0 Å². The number of carbonyl (C=O) groups is 1. The van der Waals surface area contributed by atoms with Gasteiger partial charge in [-0.1, -0.05) is 48.0 Å². The maximum atomic E-state index is 13.9. The number of benzene rings is 4. The van der Waals surface area contributed by atoms with Gasteiger partial charge in [0.15, 0.2) is 0 Å². The van der Waals surface area contributed by atoms with Crippen molar-refractivity contribution >= 4 is 54.6 Å². The van der Waals surface area contributed by atoms with Gasteiger partial charge in [0.1, 0.15) is 12.2 Å². The average molecular weight is 734 g/mol. The number of sulfonamides is 2. The minimum absolute atomic E-state index is 0.0679. The van der Waals surface area contributed by atoms with Crippen LogP contribution in [0.15, 0.2) is 118 Å². The number of hydrogen-bond donors (Lipinski definition) is 2. The first-order valence-corrected chi connectivity index (χ1v) is 17.5. The second-order valence-corrected chi connectivity index (χ2v) is 14.6. The van der Waals surface area contributed by atoms with Gasteiger partial charge < -0.3 is 5.32 Å². The van der Waals surface area contributed by atoms with Gasteiger partial charge in [0, 0.05) is 18.4 Å². The smallest absolute Gasteiger partial charge is 0.325 e. The zero-order chi connectivity index (χ0) is 35.7. The Morgan fingerprint density at radius 1 is 0.837 bits per heavy atom. The maximum Gasteiger partial charge on any atom is 0.417 e. The molecule has 0 aliphatic heterocycles. The van der Waals surface area contributed by atoms with Crippen LogP contribution >= 0.6 is 11.6 Å². The summed E-state index contributed by atoms with van der Waals surface area (Å²) in [5, 5.41) is 1.90. The summed E-state index contributed by atoms with van der Waals surface area (Å²) in [7, 11) is -7.26. The number of para-hydroxylation sites is 1. The van der Waals surface area contributed by atoms with Gasteiger partial charge >= 0.3 is 6.18 Å². The third-order valence-electron chi connectivity index (χ3n) is 7.36. The molecule has 0 unspecified atom stereocenters. The number of anilines is 3. The highest BCUT2D eigenvalue weighted by molar-refractivity contribution is 7.93. The van der Waals surface area contributed by atoms with Crippen LogP contribution < -0.4 is 19.9 Å². The van der Waals surface area contributed by atoms with E-state index in [1.807, 2.05) is 0 Å². The van der Waals surface area contributed by atoms with Crippen molar-refractivity contribution in [1.82, 2.24) is 9.36 Å². The summed E-state index contributed by atoms with van der Waals surface area (Å²) in [5.74, 6) is -0.858. The Morgan fingerprint density at radius 3 is 2.00 bits per heavy atom. The topological polar surface area (TPSA) is 140 Å². The van der Waals surface area contributed by atoms with Gasteiger partial charge in [0.25, 0.3) is 25.6 Å². The van der Waals surface area contributed by atoms with E-state index in [2.05, 4.69) is 10.0 Å². The van der Waals surface area contributed by atoms with E-state index in [1.165, 1.54) is 45.8 Å². The fraction of sp³-hybridized carbons (Fsp3) is 0.125. The summed E-state index contributed by atoms with van der Waals surface area (Å²) in [4.78, 5) is 26.6. The molecule has 4 aromatic carbocycles. The molecule has 11 nitrogen and oxygen atoms in total. The van der Waals surface area contributed by atoms with E-state index in [1.54, 1.807) is 50.4 Å². The third-order valence-corrected chi connectivity index (χ3v) is 10.9. The van der Waals surface area contributed by atoms with Crippen molar-refractivity contribution < 1.29 is 34.8 Å². The molecule has 2 N–H and O–H groups in total. The molecular formula is C32H27ClF3N5O6S2. The molecule has 256 valence electrons. The fourth-order valence-corrected chi connectivity index (χ4v) is 7.68. The van der Waals surface area contributed by atoms with Crippen LogP contribution in [0.3, 0.4) is 0 Å². The van der Waals surface area contributed by atoms with Crippen LogP contribution in [0, 0.1) is 6.92 Å². The summed E-state index contributed by atoms with van der Waals surface area (Å²) < 4.78 is 98.9. The van der Waals surface area contributed by atoms with Crippen molar-refractivity contribution in [2.75, 3.05) is 20.9 Å². The Balaban J connectivity index is 1.42. The first-order chi connectivity index (χ1) is 23.0. The molecule has 0 atom stereocenters. The Hall–Kier alpha value is -5.06. The minimum Gasteiger partial charge on any atom is -0.325 e. The number of halogens is 4. The lowest BCUT2D eigenvalue weighted by Crippen LogP contribution is -2.41. The van der Waals surface area contributed by atoms with Gasteiger partial charge in [-0.05, 0) is 73.7 Å². The Labute approximate surface area is 284 Å². The third kappa shape index (κ3) is 7.35. The molecule has 49 heavy (non-hydrogen) atoms. The molecule has 0 bridgehead atoms. The molecule has 5 aromatic rings. The summed E-state index contributed by atoms with van der Waals surface area (Å²) >= 11 is 5.61. The van der Waals surface area contributed by atoms with E-state index >= 15 is 0 Å². The number of alkyl halides is 3. The SMILES string of the molecule is Cc1c(N(CC(=O)Nc2ccc(S(=O)(=O)Nc3ccc(Cl)c(C(F)(F)F)c3)cc2)S(=O)(=O)c2ccccc2)c(=O)n(-c2ccccc2)n1C. The first kappa shape index (κ1) is 35.3. The Morgan fingerprint density at radius 2 is 1.41 bits per heavy atom. The molecule has 1 amide bonds. The summed E-state index contributed by atoms with van der Waals surface area (Å²) in [6.45, 7) is 0.717. The number of amides is 1. The molecule has 5 rings (SSSR count). The van der Waals surface area contributed by atoms with Gasteiger partial charge in [-0.2, -0.15) is 13.2 Å². The number of nitrogens with zero attached hydrogens (tertiary/aromatic N) is 3. The summed E-state index contributed by atoms with van der Waals surface area (Å²) in [6.07, 6.45) is -4.81. The second-order valence-electron chi connectivity index (χ2n) is 10.6. The minimum atomic E-state index is -4.81. The standard InChI is InChI=1S/C32H27ClF3N5O6S2/c1-21-30(31(43)41(39(21)2)24-9-5-3-6-10-24)40(49(46,47)26-11-7-4-8-12-26)20-29(42)37-22-13-16-25(17-14-22)48(44,45)38-23-15-18-28(33)27(19-23)32(34,35)36/h3-19,38H,20H2,1-2H3,(H,37,42). The quantitative estimate of drug-likeness (QED) is 0.186. The molecule has 1 heterocycles. The van der Waals surface area contributed by atoms with Crippen molar-refractivity contribution in [3.8, 4) is 5.69 Å². The fourth-order valence-electron chi connectivity index (χ4n) is 4.91. The largest absolute Gasteiger partial charge is 0.417 e. The van der Waals surface area contributed by atoms with Crippen LogP contribution in [-0.2, 0) is 38.1 Å². The summed E-state index contributed by atoms with van der Waals surface area (Å²) in [5.41, 5.74) is -1.76. The van der Waals surface area contributed by atoms with Gasteiger partial charge in [-0.3, -0.25) is 19.0 Å². The van der Waals surface area contributed by atoms with Crippen molar-refractivity contribution in [2.24, 2.45) is 7.05 Å². The van der Waals surface area contributed by atoms with Crippen molar-refractivity contribution in [3.05, 3.63) is 130 Å². The molecule has 0 spiro atoms. The van der Waals surface area contributed by atoms with Crippen molar-refractivity contribution in [3.63, 3.8) is 0 Å². The van der Waals surface area contributed by atoms with E-state index in [0.29, 0.717) is 11.8 Å². The molecule has 0 saturated heterocycles. The molecule has 0 aliphatic rings. The van der Waals surface area contributed by atoms with Gasteiger partial charge in [-0.25, -0.2) is 25.8 Å². The second kappa shape index (κ2) is 13.4. The van der Waals surface area contributed by atoms with Gasteiger partial charge in [0.05, 0.1) is 31.8 Å². The van der Waals surface area contributed by atoms with Crippen LogP contribution in [0.1, 0.15) is 11.3 Å².